The van der Waals surface area contributed by atoms with E-state index in [2.05, 4.69) is 0 Å². The van der Waals surface area contributed by atoms with Gasteiger partial charge in [-0.05, 0) is 37.3 Å². The van der Waals surface area contributed by atoms with Crippen LogP contribution in [-0.4, -0.2) is 56.0 Å². The highest BCUT2D eigenvalue weighted by atomic mass is 32.2. The summed E-state index contributed by atoms with van der Waals surface area (Å²) < 4.78 is 43.8. The van der Waals surface area contributed by atoms with Crippen molar-refractivity contribution in [1.29, 1.82) is 0 Å². The lowest BCUT2D eigenvalue weighted by molar-refractivity contribution is 0.0226. The molecule has 0 bridgehead atoms. The van der Waals surface area contributed by atoms with Gasteiger partial charge in [0.1, 0.15) is 10.6 Å². The van der Waals surface area contributed by atoms with Crippen LogP contribution in [-0.2, 0) is 14.6 Å². The third-order valence-electron chi connectivity index (χ3n) is 5.78. The predicted octanol–water partition coefficient (Wildman–Crippen LogP) is 1.88. The number of hydrogen-bond donors (Lipinski definition) is 0. The molecule has 7 heteroatoms. The summed E-state index contributed by atoms with van der Waals surface area (Å²) in [7, 11) is -3.26. The van der Waals surface area contributed by atoms with Crippen LogP contribution in [0.2, 0.25) is 0 Å². The lowest BCUT2D eigenvalue weighted by Gasteiger charge is -2.49. The van der Waals surface area contributed by atoms with Crippen LogP contribution in [0.1, 0.15) is 29.6 Å². The van der Waals surface area contributed by atoms with Crippen molar-refractivity contribution in [1.82, 2.24) is 4.90 Å². The largest absolute Gasteiger partial charge is 0.381 e. The van der Waals surface area contributed by atoms with Gasteiger partial charge in [-0.25, -0.2) is 12.8 Å². The van der Waals surface area contributed by atoms with E-state index in [-0.39, 0.29) is 30.3 Å². The summed E-state index contributed by atoms with van der Waals surface area (Å²) in [5, 5.41) is 0. The van der Waals surface area contributed by atoms with E-state index in [0.717, 1.165) is 0 Å². The summed E-state index contributed by atoms with van der Waals surface area (Å²) in [6.07, 6.45) is 2.97. The fraction of sp³-hybridized carbons (Fsp3) is 0.611. The number of hydrogen-bond acceptors (Lipinski definition) is 4. The minimum atomic E-state index is -3.26. The topological polar surface area (TPSA) is 63.7 Å². The van der Waals surface area contributed by atoms with Gasteiger partial charge >= 0.3 is 0 Å². The van der Waals surface area contributed by atoms with Crippen molar-refractivity contribution in [2.24, 2.45) is 11.8 Å². The zero-order valence-electron chi connectivity index (χ0n) is 14.0. The number of benzene rings is 1. The van der Waals surface area contributed by atoms with Gasteiger partial charge in [0.15, 0.2) is 9.84 Å². The molecule has 1 amide bonds. The summed E-state index contributed by atoms with van der Waals surface area (Å²) >= 11 is 0. The molecule has 1 atom stereocenters. The third kappa shape index (κ3) is 2.87. The average Bonchev–Trinajstić information content (AvgIpc) is 3.30. The first-order chi connectivity index (χ1) is 11.9. The predicted molar refractivity (Wildman–Crippen MR) is 90.5 cm³/mol. The monoisotopic (exact) mass is 367 g/mol. The van der Waals surface area contributed by atoms with E-state index >= 15 is 0 Å². The number of halogens is 1. The van der Waals surface area contributed by atoms with Crippen LogP contribution < -0.4 is 0 Å². The van der Waals surface area contributed by atoms with E-state index in [1.54, 1.807) is 6.07 Å². The van der Waals surface area contributed by atoms with Crippen LogP contribution >= 0.6 is 0 Å². The second-order valence-electron chi connectivity index (χ2n) is 7.49. The van der Waals surface area contributed by atoms with Gasteiger partial charge < -0.3 is 9.64 Å². The molecule has 1 aromatic carbocycles. The van der Waals surface area contributed by atoms with Crippen LogP contribution in [0.5, 0.6) is 0 Å². The Balaban J connectivity index is 1.45. The van der Waals surface area contributed by atoms with Gasteiger partial charge in [-0.15, -0.1) is 0 Å². The van der Waals surface area contributed by atoms with Crippen LogP contribution in [0.25, 0.3) is 0 Å². The molecule has 1 unspecified atom stereocenters. The molecule has 4 rings (SSSR count). The molecule has 0 aromatic heterocycles. The minimum absolute atomic E-state index is 0.00530. The fourth-order valence-corrected chi connectivity index (χ4v) is 6.32. The second-order valence-corrected chi connectivity index (χ2v) is 9.94. The van der Waals surface area contributed by atoms with Crippen molar-refractivity contribution < 1.29 is 22.3 Å². The number of amides is 1. The molecule has 3 fully saturated rings. The van der Waals surface area contributed by atoms with E-state index in [0.29, 0.717) is 25.6 Å². The Morgan fingerprint density at radius 3 is 2.60 bits per heavy atom. The maximum absolute atomic E-state index is 13.8. The molecule has 1 saturated carbocycles. The SMILES string of the molecule is O=C(c1ccccc1F)N1CC2(C1)C(COCC1CC1)CCS2(=O)=O. The molecule has 136 valence electrons. The van der Waals surface area contributed by atoms with Gasteiger partial charge in [-0.2, -0.15) is 0 Å². The summed E-state index contributed by atoms with van der Waals surface area (Å²) in [5.74, 6) is -0.322. The summed E-state index contributed by atoms with van der Waals surface area (Å²) in [6.45, 7) is 1.40. The Hall–Kier alpha value is -1.47. The fourth-order valence-electron chi connectivity index (χ4n) is 3.92. The normalized spacial score (nSPS) is 26.6. The Bertz CT molecular complexity index is 784. The van der Waals surface area contributed by atoms with Crippen molar-refractivity contribution in [2.75, 3.05) is 32.1 Å². The molecule has 25 heavy (non-hydrogen) atoms. The number of sulfone groups is 1. The minimum Gasteiger partial charge on any atom is -0.381 e. The molecule has 3 aliphatic rings. The maximum atomic E-state index is 13.8. The van der Waals surface area contributed by atoms with E-state index in [4.69, 9.17) is 4.74 Å². The van der Waals surface area contributed by atoms with E-state index in [1.807, 2.05) is 0 Å². The Morgan fingerprint density at radius 2 is 1.92 bits per heavy atom. The Morgan fingerprint density at radius 1 is 1.20 bits per heavy atom. The maximum Gasteiger partial charge on any atom is 0.256 e. The molecule has 1 aromatic rings. The highest BCUT2D eigenvalue weighted by Crippen LogP contribution is 2.45. The summed E-state index contributed by atoms with van der Waals surface area (Å²) in [6, 6.07) is 5.80. The molecular weight excluding hydrogens is 345 g/mol. The summed E-state index contributed by atoms with van der Waals surface area (Å²) in [5.41, 5.74) is -0.00530. The van der Waals surface area contributed by atoms with Crippen molar-refractivity contribution >= 4 is 15.7 Å². The van der Waals surface area contributed by atoms with E-state index in [9.17, 15) is 17.6 Å². The first-order valence-corrected chi connectivity index (χ1v) is 10.4. The number of nitrogens with zero attached hydrogens (tertiary/aromatic N) is 1. The molecule has 5 nitrogen and oxygen atoms in total. The molecular formula is C18H22FNO4S. The molecule has 2 saturated heterocycles. The smallest absolute Gasteiger partial charge is 0.256 e. The zero-order valence-corrected chi connectivity index (χ0v) is 14.8. The molecule has 0 N–H and O–H groups in total. The summed E-state index contributed by atoms with van der Waals surface area (Å²) in [4.78, 5) is 13.9. The lowest BCUT2D eigenvalue weighted by atomic mass is 9.83. The van der Waals surface area contributed by atoms with Crippen LogP contribution in [0.4, 0.5) is 4.39 Å². The van der Waals surface area contributed by atoms with Gasteiger partial charge in [-0.3, -0.25) is 4.79 Å². The quantitative estimate of drug-likeness (QED) is 0.797. The van der Waals surface area contributed by atoms with Gasteiger partial charge in [0.2, 0.25) is 0 Å². The number of rotatable bonds is 5. The number of carbonyl (C=O) groups is 1. The van der Waals surface area contributed by atoms with Crippen LogP contribution in [0.3, 0.4) is 0 Å². The molecule has 2 aliphatic heterocycles. The molecule has 0 radical (unpaired) electrons. The standard InChI is InChI=1S/C18H22FNO4S/c19-16-4-2-1-3-15(16)17(21)20-11-18(12-20)14(7-8-25(18,22)23)10-24-9-13-5-6-13/h1-4,13-14H,5-12H2. The number of carbonyl (C=O) groups excluding carboxylic acids is 1. The van der Waals surface area contributed by atoms with Crippen molar-refractivity contribution in [3.63, 3.8) is 0 Å². The van der Waals surface area contributed by atoms with Gasteiger partial charge in [0.25, 0.3) is 5.91 Å². The Kier molecular flexibility index (Phi) is 4.11. The molecule has 1 aliphatic carbocycles. The van der Waals surface area contributed by atoms with Crippen molar-refractivity contribution in [3.8, 4) is 0 Å². The van der Waals surface area contributed by atoms with Crippen LogP contribution in [0, 0.1) is 17.7 Å². The first-order valence-electron chi connectivity index (χ1n) is 8.77. The number of likely N-dealkylation sites (tertiary alicyclic amines) is 1. The van der Waals surface area contributed by atoms with Crippen LogP contribution in [0.15, 0.2) is 24.3 Å². The zero-order chi connectivity index (χ0) is 17.7. The highest BCUT2D eigenvalue weighted by Gasteiger charge is 2.62. The van der Waals surface area contributed by atoms with Crippen molar-refractivity contribution in [2.45, 2.75) is 24.0 Å². The highest BCUT2D eigenvalue weighted by molar-refractivity contribution is 7.93. The van der Waals surface area contributed by atoms with E-state index in [1.165, 1.54) is 35.9 Å². The molecule has 1 spiro atoms. The van der Waals surface area contributed by atoms with Crippen molar-refractivity contribution in [3.05, 3.63) is 35.6 Å². The van der Waals surface area contributed by atoms with Gasteiger partial charge in [-0.1, -0.05) is 12.1 Å². The average molecular weight is 367 g/mol. The first kappa shape index (κ1) is 17.0. The Labute approximate surface area is 147 Å². The van der Waals surface area contributed by atoms with Gasteiger partial charge in [0, 0.05) is 25.6 Å². The third-order valence-corrected chi connectivity index (χ3v) is 8.38. The van der Waals surface area contributed by atoms with E-state index < -0.39 is 26.3 Å². The lowest BCUT2D eigenvalue weighted by Crippen LogP contribution is -2.68. The van der Waals surface area contributed by atoms with Gasteiger partial charge in [0.05, 0.1) is 17.9 Å². The molecule has 2 heterocycles. The second kappa shape index (κ2) is 6.06. The number of ether oxygens (including phenoxy) is 1.